The summed E-state index contributed by atoms with van der Waals surface area (Å²) in [4.78, 5) is 22.7. The number of carbonyl (C=O) groups excluding carboxylic acids is 2. The molecule has 5 heteroatoms. The summed E-state index contributed by atoms with van der Waals surface area (Å²) >= 11 is 0. The van der Waals surface area contributed by atoms with Crippen LogP contribution >= 0.6 is 0 Å². The highest BCUT2D eigenvalue weighted by atomic mass is 16.2. The summed E-state index contributed by atoms with van der Waals surface area (Å²) in [5.74, 6) is -0.574. The molecule has 0 radical (unpaired) electrons. The fourth-order valence-electron chi connectivity index (χ4n) is 1.76. The number of amides is 2. The summed E-state index contributed by atoms with van der Waals surface area (Å²) < 4.78 is 0. The monoisotopic (exact) mass is 257 g/mol. The lowest BCUT2D eigenvalue weighted by atomic mass is 10.1. The molecule has 18 heavy (non-hydrogen) atoms. The van der Waals surface area contributed by atoms with Crippen molar-refractivity contribution in [2.24, 2.45) is 11.5 Å². The van der Waals surface area contributed by atoms with Gasteiger partial charge in [0.25, 0.3) is 0 Å². The number of rotatable bonds is 11. The van der Waals surface area contributed by atoms with Crippen LogP contribution in [-0.2, 0) is 9.59 Å². The first-order chi connectivity index (χ1) is 8.61. The van der Waals surface area contributed by atoms with Crippen molar-refractivity contribution in [2.45, 2.75) is 64.3 Å². The molecule has 0 spiro atoms. The predicted molar refractivity (Wildman–Crippen MR) is 72.8 cm³/mol. The Morgan fingerprint density at radius 2 is 1.78 bits per heavy atom. The van der Waals surface area contributed by atoms with E-state index < -0.39 is 11.9 Å². The molecule has 0 fully saturated rings. The first kappa shape index (κ1) is 16.9. The van der Waals surface area contributed by atoms with Crippen molar-refractivity contribution in [2.75, 3.05) is 6.54 Å². The minimum absolute atomic E-state index is 0.0904. The molecule has 1 unspecified atom stereocenters. The lowest BCUT2D eigenvalue weighted by Crippen LogP contribution is -2.44. The van der Waals surface area contributed by atoms with Crippen LogP contribution in [0.25, 0.3) is 0 Å². The van der Waals surface area contributed by atoms with Crippen molar-refractivity contribution < 1.29 is 9.59 Å². The first-order valence-electron chi connectivity index (χ1n) is 6.90. The van der Waals surface area contributed by atoms with Crippen LogP contribution in [0.3, 0.4) is 0 Å². The number of nitrogens with two attached hydrogens (primary N) is 2. The molecule has 0 heterocycles. The van der Waals surface area contributed by atoms with E-state index in [4.69, 9.17) is 11.5 Å². The number of hydrogen-bond acceptors (Lipinski definition) is 3. The van der Waals surface area contributed by atoms with Crippen LogP contribution < -0.4 is 16.8 Å². The highest BCUT2D eigenvalue weighted by molar-refractivity contribution is 5.86. The van der Waals surface area contributed by atoms with Gasteiger partial charge in [0, 0.05) is 6.42 Å². The average molecular weight is 257 g/mol. The third-order valence-corrected chi connectivity index (χ3v) is 2.88. The molecule has 5 nitrogen and oxygen atoms in total. The molecular weight excluding hydrogens is 230 g/mol. The van der Waals surface area contributed by atoms with Gasteiger partial charge in [0.1, 0.15) is 6.04 Å². The van der Waals surface area contributed by atoms with Crippen LogP contribution in [0.5, 0.6) is 0 Å². The second-order valence-electron chi connectivity index (χ2n) is 4.62. The lowest BCUT2D eigenvalue weighted by molar-refractivity contribution is -0.127. The highest BCUT2D eigenvalue weighted by Crippen LogP contribution is 2.05. The van der Waals surface area contributed by atoms with Gasteiger partial charge in [-0.2, -0.15) is 0 Å². The maximum absolute atomic E-state index is 11.6. The zero-order chi connectivity index (χ0) is 13.8. The zero-order valence-electron chi connectivity index (χ0n) is 11.4. The van der Waals surface area contributed by atoms with Crippen LogP contribution in [0, 0.1) is 0 Å². The molecule has 0 aromatic rings. The average Bonchev–Trinajstić information content (AvgIpc) is 2.33. The lowest BCUT2D eigenvalue weighted by Gasteiger charge is -2.14. The summed E-state index contributed by atoms with van der Waals surface area (Å²) in [6.07, 6.45) is 7.17. The molecule has 5 N–H and O–H groups in total. The first-order valence-corrected chi connectivity index (χ1v) is 6.90. The molecule has 0 aromatic heterocycles. The number of nitrogens with one attached hydrogen (secondary N) is 1. The molecule has 0 aromatic carbocycles. The molecule has 2 amide bonds. The smallest absolute Gasteiger partial charge is 0.240 e. The molecular formula is C13H27N3O2. The van der Waals surface area contributed by atoms with E-state index in [0.717, 1.165) is 19.3 Å². The van der Waals surface area contributed by atoms with Gasteiger partial charge in [-0.15, -0.1) is 0 Å². The van der Waals surface area contributed by atoms with E-state index >= 15 is 0 Å². The van der Waals surface area contributed by atoms with Gasteiger partial charge >= 0.3 is 0 Å². The molecule has 0 aliphatic carbocycles. The topological polar surface area (TPSA) is 98.2 Å². The molecule has 0 saturated heterocycles. The van der Waals surface area contributed by atoms with Gasteiger partial charge in [0.2, 0.25) is 11.8 Å². The van der Waals surface area contributed by atoms with Gasteiger partial charge < -0.3 is 16.8 Å². The fourth-order valence-corrected chi connectivity index (χ4v) is 1.76. The van der Waals surface area contributed by atoms with Gasteiger partial charge in [0.05, 0.1) is 0 Å². The molecule has 0 bridgehead atoms. The molecule has 0 aliphatic heterocycles. The van der Waals surface area contributed by atoms with Gasteiger partial charge in [0.15, 0.2) is 0 Å². The Labute approximate surface area is 110 Å². The number of hydrogen-bond donors (Lipinski definition) is 3. The maximum atomic E-state index is 11.6. The van der Waals surface area contributed by atoms with Crippen LogP contribution in [0.1, 0.15) is 58.3 Å². The standard InChI is InChI=1S/C13H27N3O2/c1-2-3-4-5-6-9-12(17)16-11(13(15)18)8-7-10-14/h11H,2-10,14H2,1H3,(H2,15,18)(H,16,17). The fraction of sp³-hybridized carbons (Fsp3) is 0.846. The minimum atomic E-state index is -0.573. The maximum Gasteiger partial charge on any atom is 0.240 e. The Bertz CT molecular complexity index is 244. The second kappa shape index (κ2) is 11.0. The minimum Gasteiger partial charge on any atom is -0.368 e. The summed E-state index contributed by atoms with van der Waals surface area (Å²) in [6, 6.07) is -0.573. The van der Waals surface area contributed by atoms with Gasteiger partial charge in [-0.05, 0) is 25.8 Å². The van der Waals surface area contributed by atoms with E-state index in [1.54, 1.807) is 0 Å². The van der Waals surface area contributed by atoms with E-state index in [2.05, 4.69) is 12.2 Å². The van der Waals surface area contributed by atoms with Crippen molar-refractivity contribution in [3.05, 3.63) is 0 Å². The Kier molecular flexibility index (Phi) is 10.3. The second-order valence-corrected chi connectivity index (χ2v) is 4.62. The normalized spacial score (nSPS) is 12.1. The summed E-state index contributed by atoms with van der Waals surface area (Å²) in [5.41, 5.74) is 10.6. The quantitative estimate of drug-likeness (QED) is 0.483. The molecule has 1 atom stereocenters. The molecule has 106 valence electrons. The van der Waals surface area contributed by atoms with E-state index in [1.807, 2.05) is 0 Å². The van der Waals surface area contributed by atoms with Gasteiger partial charge in [-0.1, -0.05) is 32.6 Å². The molecule has 0 rings (SSSR count). The SMILES string of the molecule is CCCCCCCC(=O)NC(CCCN)C(N)=O. The van der Waals surface area contributed by atoms with E-state index in [1.165, 1.54) is 12.8 Å². The van der Waals surface area contributed by atoms with Gasteiger partial charge in [-0.25, -0.2) is 0 Å². The van der Waals surface area contributed by atoms with E-state index in [-0.39, 0.29) is 5.91 Å². The number of primary amides is 1. The number of unbranched alkanes of at least 4 members (excludes halogenated alkanes) is 4. The Morgan fingerprint density at radius 1 is 1.11 bits per heavy atom. The number of carbonyl (C=O) groups is 2. The van der Waals surface area contributed by atoms with Crippen LogP contribution in [-0.4, -0.2) is 24.4 Å². The third kappa shape index (κ3) is 8.98. The van der Waals surface area contributed by atoms with Crippen molar-refractivity contribution in [1.82, 2.24) is 5.32 Å². The molecule has 0 aliphatic rings. The zero-order valence-corrected chi connectivity index (χ0v) is 11.4. The van der Waals surface area contributed by atoms with Crippen molar-refractivity contribution in [3.63, 3.8) is 0 Å². The summed E-state index contributed by atoms with van der Waals surface area (Å²) in [7, 11) is 0. The Hall–Kier alpha value is -1.10. The third-order valence-electron chi connectivity index (χ3n) is 2.88. The van der Waals surface area contributed by atoms with Crippen LogP contribution in [0.2, 0.25) is 0 Å². The predicted octanol–water partition coefficient (Wildman–Crippen LogP) is 1.06. The van der Waals surface area contributed by atoms with Crippen molar-refractivity contribution >= 4 is 11.8 Å². The van der Waals surface area contributed by atoms with Crippen molar-refractivity contribution in [1.29, 1.82) is 0 Å². The van der Waals surface area contributed by atoms with Crippen LogP contribution in [0.15, 0.2) is 0 Å². The summed E-state index contributed by atoms with van der Waals surface area (Å²) in [5, 5.41) is 2.67. The van der Waals surface area contributed by atoms with Gasteiger partial charge in [-0.3, -0.25) is 9.59 Å². The largest absolute Gasteiger partial charge is 0.368 e. The Balaban J connectivity index is 3.77. The van der Waals surface area contributed by atoms with E-state index in [0.29, 0.717) is 25.8 Å². The summed E-state index contributed by atoms with van der Waals surface area (Å²) in [6.45, 7) is 2.65. The van der Waals surface area contributed by atoms with E-state index in [9.17, 15) is 9.59 Å². The van der Waals surface area contributed by atoms with Crippen LogP contribution in [0.4, 0.5) is 0 Å². The Morgan fingerprint density at radius 3 is 2.33 bits per heavy atom. The highest BCUT2D eigenvalue weighted by Gasteiger charge is 2.16. The van der Waals surface area contributed by atoms with Crippen molar-refractivity contribution in [3.8, 4) is 0 Å². The molecule has 0 saturated carbocycles.